The molecule has 1 fully saturated rings. The van der Waals surface area contributed by atoms with E-state index in [2.05, 4.69) is 38.2 Å². The van der Waals surface area contributed by atoms with Crippen LogP contribution < -0.4 is 10.2 Å². The van der Waals surface area contributed by atoms with E-state index < -0.39 is 0 Å². The Hall–Kier alpha value is -3.76. The third kappa shape index (κ3) is 3.86. The highest BCUT2D eigenvalue weighted by molar-refractivity contribution is 5.95. The van der Waals surface area contributed by atoms with Gasteiger partial charge in [0, 0.05) is 48.5 Å². The van der Waals surface area contributed by atoms with Gasteiger partial charge >= 0.3 is 0 Å². The average molecular weight is 410 g/mol. The number of pyridine rings is 3. The monoisotopic (exact) mass is 410 g/mol. The van der Waals surface area contributed by atoms with Crippen LogP contribution in [0.1, 0.15) is 12.5 Å². The molecule has 0 amide bonds. The van der Waals surface area contributed by atoms with E-state index in [1.165, 1.54) is 0 Å². The predicted octanol–water partition coefficient (Wildman–Crippen LogP) is 3.76. The van der Waals surface area contributed by atoms with Gasteiger partial charge in [0.25, 0.3) is 0 Å². The number of nitrogens with zero attached hydrogens (tertiary/aromatic N) is 5. The molecule has 1 N–H and O–H groups in total. The SMILES string of the molecule is C[C@@H]1CN(c2ccc(C#N)c3ncccc23)C[C@H](CNc2ccc3cccnc3n2)O1. The van der Waals surface area contributed by atoms with Crippen molar-refractivity contribution >= 4 is 33.4 Å². The molecule has 4 heterocycles. The Labute approximate surface area is 180 Å². The van der Waals surface area contributed by atoms with Crippen LogP contribution in [-0.4, -0.2) is 46.8 Å². The van der Waals surface area contributed by atoms with Gasteiger partial charge in [-0.3, -0.25) is 4.98 Å². The van der Waals surface area contributed by atoms with Crippen LogP contribution in [0.25, 0.3) is 21.9 Å². The number of morpholine rings is 1. The fraction of sp³-hybridized carbons (Fsp3) is 0.250. The van der Waals surface area contributed by atoms with Gasteiger partial charge in [-0.15, -0.1) is 0 Å². The summed E-state index contributed by atoms with van der Waals surface area (Å²) in [6, 6.07) is 17.9. The van der Waals surface area contributed by atoms with Crippen molar-refractivity contribution in [3.05, 3.63) is 66.5 Å². The number of ether oxygens (including phenoxy) is 1. The van der Waals surface area contributed by atoms with Gasteiger partial charge in [-0.2, -0.15) is 5.26 Å². The Bertz CT molecular complexity index is 1280. The molecule has 0 aliphatic carbocycles. The van der Waals surface area contributed by atoms with Gasteiger partial charge < -0.3 is 15.0 Å². The zero-order valence-electron chi connectivity index (χ0n) is 17.2. The van der Waals surface area contributed by atoms with Crippen LogP contribution >= 0.6 is 0 Å². The van der Waals surface area contributed by atoms with E-state index in [4.69, 9.17) is 4.74 Å². The number of anilines is 2. The molecule has 0 spiro atoms. The van der Waals surface area contributed by atoms with Crippen molar-refractivity contribution in [3.8, 4) is 6.07 Å². The van der Waals surface area contributed by atoms with Crippen LogP contribution in [-0.2, 0) is 4.74 Å². The highest BCUT2D eigenvalue weighted by Gasteiger charge is 2.27. The van der Waals surface area contributed by atoms with E-state index in [0.29, 0.717) is 12.1 Å². The van der Waals surface area contributed by atoms with Crippen LogP contribution in [0.3, 0.4) is 0 Å². The maximum Gasteiger partial charge on any atom is 0.161 e. The maximum absolute atomic E-state index is 9.42. The minimum atomic E-state index is -0.00709. The Balaban J connectivity index is 1.36. The Morgan fingerprint density at radius 3 is 2.87 bits per heavy atom. The minimum absolute atomic E-state index is 0.00709. The first-order valence-electron chi connectivity index (χ1n) is 10.3. The Kier molecular flexibility index (Phi) is 5.06. The first-order valence-corrected chi connectivity index (χ1v) is 10.3. The van der Waals surface area contributed by atoms with Crippen LogP contribution in [0.2, 0.25) is 0 Å². The lowest BCUT2D eigenvalue weighted by Gasteiger charge is -2.38. The maximum atomic E-state index is 9.42. The number of aromatic nitrogens is 3. The summed E-state index contributed by atoms with van der Waals surface area (Å²) in [4.78, 5) is 15.7. The van der Waals surface area contributed by atoms with Gasteiger partial charge in [0.2, 0.25) is 0 Å². The summed E-state index contributed by atoms with van der Waals surface area (Å²) in [5.41, 5.74) is 3.14. The average Bonchev–Trinajstić information content (AvgIpc) is 2.81. The highest BCUT2D eigenvalue weighted by Crippen LogP contribution is 2.30. The number of nitrogens with one attached hydrogen (secondary N) is 1. The highest BCUT2D eigenvalue weighted by atomic mass is 16.5. The lowest BCUT2D eigenvalue weighted by molar-refractivity contribution is -0.00823. The number of hydrogen-bond acceptors (Lipinski definition) is 7. The number of hydrogen-bond donors (Lipinski definition) is 1. The lowest BCUT2D eigenvalue weighted by Crippen LogP contribution is -2.49. The second-order valence-electron chi connectivity index (χ2n) is 7.74. The summed E-state index contributed by atoms with van der Waals surface area (Å²) in [5, 5.41) is 14.8. The molecule has 1 aliphatic heterocycles. The molecule has 0 unspecified atom stereocenters. The summed E-state index contributed by atoms with van der Waals surface area (Å²) in [6.45, 7) is 4.24. The number of rotatable bonds is 4. The zero-order valence-corrected chi connectivity index (χ0v) is 17.2. The van der Waals surface area contributed by atoms with Crippen molar-refractivity contribution < 1.29 is 4.74 Å². The molecule has 3 aromatic heterocycles. The smallest absolute Gasteiger partial charge is 0.161 e. The molecule has 0 radical (unpaired) electrons. The fourth-order valence-corrected chi connectivity index (χ4v) is 4.15. The number of fused-ring (bicyclic) bond motifs is 2. The van der Waals surface area contributed by atoms with E-state index in [0.717, 1.165) is 46.5 Å². The van der Waals surface area contributed by atoms with Crippen LogP contribution in [0, 0.1) is 11.3 Å². The van der Waals surface area contributed by atoms with Crippen molar-refractivity contribution in [2.24, 2.45) is 0 Å². The van der Waals surface area contributed by atoms with Gasteiger partial charge in [0.05, 0.1) is 23.3 Å². The standard InChI is InChI=1S/C24H22N6O/c1-16-14-30(21-8-6-18(12-25)23-20(21)5-3-10-26-23)15-19(31-16)13-28-22-9-7-17-4-2-11-27-24(17)29-22/h2-11,16,19H,13-15H2,1H3,(H,27,28,29)/t16-,19+/m1/s1. The molecule has 154 valence electrons. The molecule has 1 aliphatic rings. The van der Waals surface area contributed by atoms with E-state index in [9.17, 15) is 5.26 Å². The molecule has 1 aromatic carbocycles. The second-order valence-corrected chi connectivity index (χ2v) is 7.74. The van der Waals surface area contributed by atoms with Crippen molar-refractivity contribution in [1.29, 1.82) is 5.26 Å². The summed E-state index contributed by atoms with van der Waals surface area (Å²) < 4.78 is 6.19. The molecule has 4 aromatic rings. The molecule has 31 heavy (non-hydrogen) atoms. The predicted molar refractivity (Wildman–Crippen MR) is 121 cm³/mol. The molecule has 2 atom stereocenters. The first-order chi connectivity index (χ1) is 15.2. The zero-order chi connectivity index (χ0) is 21.2. The fourth-order valence-electron chi connectivity index (χ4n) is 4.15. The van der Waals surface area contributed by atoms with Crippen molar-refractivity contribution in [2.75, 3.05) is 29.9 Å². The van der Waals surface area contributed by atoms with Gasteiger partial charge in [-0.25, -0.2) is 9.97 Å². The van der Waals surface area contributed by atoms with Crippen LogP contribution in [0.4, 0.5) is 11.5 Å². The lowest BCUT2D eigenvalue weighted by atomic mass is 10.1. The molecular weight excluding hydrogens is 388 g/mol. The van der Waals surface area contributed by atoms with Crippen LogP contribution in [0.5, 0.6) is 0 Å². The molecular formula is C24H22N6O. The number of benzene rings is 1. The minimum Gasteiger partial charge on any atom is -0.370 e. The first kappa shape index (κ1) is 19.2. The molecule has 7 heteroatoms. The third-order valence-corrected chi connectivity index (χ3v) is 5.51. The third-order valence-electron chi connectivity index (χ3n) is 5.51. The topological polar surface area (TPSA) is 87.0 Å². The summed E-state index contributed by atoms with van der Waals surface area (Å²) in [6.07, 6.45) is 3.55. The normalized spacial score (nSPS) is 18.8. The summed E-state index contributed by atoms with van der Waals surface area (Å²) >= 11 is 0. The van der Waals surface area contributed by atoms with Gasteiger partial charge in [0.1, 0.15) is 11.9 Å². The number of nitriles is 1. The molecule has 1 saturated heterocycles. The van der Waals surface area contributed by atoms with Crippen LogP contribution in [0.15, 0.2) is 60.9 Å². The van der Waals surface area contributed by atoms with Crippen molar-refractivity contribution in [1.82, 2.24) is 15.0 Å². The summed E-state index contributed by atoms with van der Waals surface area (Å²) in [5.74, 6) is 0.785. The Morgan fingerprint density at radius 1 is 1.10 bits per heavy atom. The quantitative estimate of drug-likeness (QED) is 0.548. The van der Waals surface area contributed by atoms with Crippen molar-refractivity contribution in [3.63, 3.8) is 0 Å². The Morgan fingerprint density at radius 2 is 1.97 bits per heavy atom. The van der Waals surface area contributed by atoms with E-state index in [-0.39, 0.29) is 12.2 Å². The van der Waals surface area contributed by atoms with Crippen molar-refractivity contribution in [2.45, 2.75) is 19.1 Å². The van der Waals surface area contributed by atoms with E-state index in [1.807, 2.05) is 48.5 Å². The van der Waals surface area contributed by atoms with E-state index >= 15 is 0 Å². The van der Waals surface area contributed by atoms with Gasteiger partial charge in [0.15, 0.2) is 5.65 Å². The second kappa shape index (κ2) is 8.17. The molecule has 5 rings (SSSR count). The molecule has 0 bridgehead atoms. The largest absolute Gasteiger partial charge is 0.370 e. The van der Waals surface area contributed by atoms with E-state index in [1.54, 1.807) is 12.4 Å². The van der Waals surface area contributed by atoms with Gasteiger partial charge in [-0.05, 0) is 55.5 Å². The molecule has 7 nitrogen and oxygen atoms in total. The summed E-state index contributed by atoms with van der Waals surface area (Å²) in [7, 11) is 0. The van der Waals surface area contributed by atoms with Gasteiger partial charge in [-0.1, -0.05) is 0 Å². The molecule has 0 saturated carbocycles.